The molecule has 4 N–H and O–H groups in total. The lowest BCUT2D eigenvalue weighted by Gasteiger charge is -2.23. The number of hydrogen-bond acceptors (Lipinski definition) is 5. The number of carboxylic acids is 1. The highest BCUT2D eigenvalue weighted by molar-refractivity contribution is 5.89. The first-order chi connectivity index (χ1) is 16.2. The number of aliphatic carboxylic acids is 1. The zero-order valence-corrected chi connectivity index (χ0v) is 19.7. The molecule has 0 aliphatic heterocycles. The fourth-order valence-corrected chi connectivity index (χ4v) is 4.19. The molecule has 182 valence electrons. The van der Waals surface area contributed by atoms with Gasteiger partial charge < -0.3 is 25.6 Å². The van der Waals surface area contributed by atoms with E-state index in [4.69, 9.17) is 4.74 Å². The summed E-state index contributed by atoms with van der Waals surface area (Å²) in [6, 6.07) is 13.5. The van der Waals surface area contributed by atoms with Gasteiger partial charge in [-0.05, 0) is 47.9 Å². The van der Waals surface area contributed by atoms with Gasteiger partial charge in [0.25, 0.3) is 0 Å². The predicted octanol–water partition coefficient (Wildman–Crippen LogP) is 3.28. The number of carbonyl (C=O) groups excluding carboxylic acids is 2. The minimum absolute atomic E-state index is 0.101. The summed E-state index contributed by atoms with van der Waals surface area (Å²) in [7, 11) is 0. The minimum Gasteiger partial charge on any atom is -0.480 e. The number of rotatable bonds is 10. The van der Waals surface area contributed by atoms with Crippen molar-refractivity contribution in [1.82, 2.24) is 10.6 Å². The Balaban J connectivity index is 1.68. The van der Waals surface area contributed by atoms with Gasteiger partial charge in [-0.1, -0.05) is 62.4 Å². The second-order valence-corrected chi connectivity index (χ2v) is 9.06. The number of benzene rings is 2. The lowest BCUT2D eigenvalue weighted by molar-refractivity contribution is -0.145. The number of amides is 2. The van der Waals surface area contributed by atoms with E-state index < -0.39 is 36.2 Å². The lowest BCUT2D eigenvalue weighted by atomic mass is 9.98. The van der Waals surface area contributed by atoms with Crippen LogP contribution in [0.4, 0.5) is 4.79 Å². The SMILES string of the molecule is CC(C)CCC(NC(=O)OCC1c2ccccc2-c2ccccc21)C(=O)NC(C(=O)O)C(C)O. The standard InChI is InChI=1S/C26H32N2O6/c1-15(2)12-13-22(24(30)28-23(16(3)29)25(31)32)27-26(33)34-14-21-19-10-6-4-8-17(19)18-9-5-7-11-20(18)21/h4-11,15-16,21-23,29H,12-14H2,1-3H3,(H,27,33)(H,28,30)(H,31,32). The molecule has 8 nitrogen and oxygen atoms in total. The molecule has 0 saturated carbocycles. The molecule has 3 rings (SSSR count). The maximum atomic E-state index is 12.7. The van der Waals surface area contributed by atoms with Gasteiger partial charge in [0, 0.05) is 5.92 Å². The molecule has 8 heteroatoms. The van der Waals surface area contributed by atoms with Crippen LogP contribution in [-0.4, -0.2) is 53.0 Å². The van der Waals surface area contributed by atoms with E-state index in [2.05, 4.69) is 10.6 Å². The summed E-state index contributed by atoms with van der Waals surface area (Å²) < 4.78 is 5.53. The Hall–Kier alpha value is -3.39. The molecule has 2 aromatic rings. The summed E-state index contributed by atoms with van der Waals surface area (Å²) in [5, 5.41) is 23.8. The van der Waals surface area contributed by atoms with E-state index in [0.29, 0.717) is 12.8 Å². The largest absolute Gasteiger partial charge is 0.480 e. The zero-order chi connectivity index (χ0) is 24.8. The highest BCUT2D eigenvalue weighted by Gasteiger charge is 2.31. The third kappa shape index (κ3) is 5.94. The molecule has 0 fully saturated rings. The Labute approximate surface area is 199 Å². The first-order valence-electron chi connectivity index (χ1n) is 11.5. The minimum atomic E-state index is -1.47. The van der Waals surface area contributed by atoms with Crippen LogP contribution in [0.2, 0.25) is 0 Å². The molecule has 2 amide bonds. The summed E-state index contributed by atoms with van der Waals surface area (Å²) in [5.41, 5.74) is 4.37. The molecule has 0 heterocycles. The van der Waals surface area contributed by atoms with Crippen LogP contribution in [-0.2, 0) is 14.3 Å². The van der Waals surface area contributed by atoms with Crippen LogP contribution in [0.5, 0.6) is 0 Å². The van der Waals surface area contributed by atoms with E-state index in [1.165, 1.54) is 6.92 Å². The van der Waals surface area contributed by atoms with Gasteiger partial charge in [-0.2, -0.15) is 0 Å². The van der Waals surface area contributed by atoms with E-state index in [-0.39, 0.29) is 18.4 Å². The summed E-state index contributed by atoms with van der Waals surface area (Å²) in [6.45, 7) is 5.35. The van der Waals surface area contributed by atoms with Crippen molar-refractivity contribution in [2.45, 2.75) is 57.7 Å². The molecule has 0 aromatic heterocycles. The molecular formula is C26H32N2O6. The first kappa shape index (κ1) is 25.2. The van der Waals surface area contributed by atoms with Crippen molar-refractivity contribution in [3.05, 3.63) is 59.7 Å². The number of fused-ring (bicyclic) bond motifs is 3. The maximum Gasteiger partial charge on any atom is 0.407 e. The topological polar surface area (TPSA) is 125 Å². The van der Waals surface area contributed by atoms with Crippen LogP contribution in [0.25, 0.3) is 11.1 Å². The van der Waals surface area contributed by atoms with Crippen LogP contribution < -0.4 is 10.6 Å². The normalized spacial score (nSPS) is 15.1. The molecule has 0 bridgehead atoms. The smallest absolute Gasteiger partial charge is 0.407 e. The Morgan fingerprint density at radius 1 is 0.912 bits per heavy atom. The van der Waals surface area contributed by atoms with Gasteiger partial charge >= 0.3 is 12.1 Å². The molecule has 3 atom stereocenters. The third-order valence-electron chi connectivity index (χ3n) is 6.03. The summed E-state index contributed by atoms with van der Waals surface area (Å²) in [5.74, 6) is -1.88. The van der Waals surface area contributed by atoms with Gasteiger partial charge in [-0.3, -0.25) is 4.79 Å². The number of ether oxygens (including phenoxy) is 1. The Morgan fingerprint density at radius 2 is 1.47 bits per heavy atom. The summed E-state index contributed by atoms with van der Waals surface area (Å²) >= 11 is 0. The highest BCUT2D eigenvalue weighted by Crippen LogP contribution is 2.44. The average molecular weight is 469 g/mol. The number of aliphatic hydroxyl groups is 1. The molecule has 1 aliphatic rings. The summed E-state index contributed by atoms with van der Waals surface area (Å²) in [6.07, 6.45) is -1.11. The van der Waals surface area contributed by atoms with Crippen molar-refractivity contribution >= 4 is 18.0 Å². The van der Waals surface area contributed by atoms with Crippen molar-refractivity contribution in [3.63, 3.8) is 0 Å². The van der Waals surface area contributed by atoms with Crippen molar-refractivity contribution in [2.75, 3.05) is 6.61 Å². The zero-order valence-electron chi connectivity index (χ0n) is 19.7. The molecule has 3 unspecified atom stereocenters. The average Bonchev–Trinajstić information content (AvgIpc) is 3.11. The highest BCUT2D eigenvalue weighted by atomic mass is 16.5. The second kappa shape index (κ2) is 11.2. The third-order valence-corrected chi connectivity index (χ3v) is 6.03. The van der Waals surface area contributed by atoms with Crippen LogP contribution in [0.15, 0.2) is 48.5 Å². The van der Waals surface area contributed by atoms with Crippen molar-refractivity contribution < 1.29 is 29.3 Å². The van der Waals surface area contributed by atoms with Crippen molar-refractivity contribution in [3.8, 4) is 11.1 Å². The number of nitrogens with one attached hydrogen (secondary N) is 2. The Morgan fingerprint density at radius 3 is 1.97 bits per heavy atom. The van der Waals surface area contributed by atoms with E-state index >= 15 is 0 Å². The predicted molar refractivity (Wildman–Crippen MR) is 127 cm³/mol. The monoisotopic (exact) mass is 468 g/mol. The number of alkyl carbamates (subject to hydrolysis) is 1. The number of hydrogen-bond donors (Lipinski definition) is 4. The first-order valence-corrected chi connectivity index (χ1v) is 11.5. The van der Waals surface area contributed by atoms with E-state index in [9.17, 15) is 24.6 Å². The molecule has 0 saturated heterocycles. The fraction of sp³-hybridized carbons (Fsp3) is 0.423. The fourth-order valence-electron chi connectivity index (χ4n) is 4.19. The molecule has 2 aromatic carbocycles. The van der Waals surface area contributed by atoms with E-state index in [1.54, 1.807) is 0 Å². The van der Waals surface area contributed by atoms with Crippen LogP contribution in [0.1, 0.15) is 50.7 Å². The van der Waals surface area contributed by atoms with Crippen LogP contribution >= 0.6 is 0 Å². The van der Waals surface area contributed by atoms with Gasteiger partial charge in [0.2, 0.25) is 5.91 Å². The van der Waals surface area contributed by atoms with Crippen molar-refractivity contribution in [1.29, 1.82) is 0 Å². The van der Waals surface area contributed by atoms with Gasteiger partial charge in [0.15, 0.2) is 6.04 Å². The molecule has 0 radical (unpaired) electrons. The van der Waals surface area contributed by atoms with E-state index in [1.807, 2.05) is 62.4 Å². The maximum absolute atomic E-state index is 12.7. The quantitative estimate of drug-likeness (QED) is 0.424. The van der Waals surface area contributed by atoms with Crippen LogP contribution in [0.3, 0.4) is 0 Å². The number of aliphatic hydroxyl groups excluding tert-OH is 1. The summed E-state index contributed by atoms with van der Waals surface area (Å²) in [4.78, 5) is 36.8. The molecule has 1 aliphatic carbocycles. The van der Waals surface area contributed by atoms with Gasteiger partial charge in [0.1, 0.15) is 12.6 Å². The van der Waals surface area contributed by atoms with Gasteiger partial charge in [-0.15, -0.1) is 0 Å². The second-order valence-electron chi connectivity index (χ2n) is 9.06. The molecular weight excluding hydrogens is 436 g/mol. The van der Waals surface area contributed by atoms with Gasteiger partial charge in [-0.25, -0.2) is 9.59 Å². The lowest BCUT2D eigenvalue weighted by Crippen LogP contribution is -2.54. The Kier molecular flexibility index (Phi) is 8.28. The number of carbonyl (C=O) groups is 3. The molecule has 0 spiro atoms. The van der Waals surface area contributed by atoms with Gasteiger partial charge in [0.05, 0.1) is 6.10 Å². The molecule has 34 heavy (non-hydrogen) atoms. The number of carboxylic acid groups (broad SMARTS) is 1. The van der Waals surface area contributed by atoms with Crippen molar-refractivity contribution in [2.24, 2.45) is 5.92 Å². The van der Waals surface area contributed by atoms with E-state index in [0.717, 1.165) is 22.3 Å². The Bertz CT molecular complexity index is 990. The van der Waals surface area contributed by atoms with Crippen LogP contribution in [0, 0.1) is 5.92 Å².